The maximum Gasteiger partial charge on any atom is 0.251 e. The van der Waals surface area contributed by atoms with Crippen LogP contribution in [0.3, 0.4) is 0 Å². The number of nitrogens with one attached hydrogen (secondary N) is 2. The summed E-state index contributed by atoms with van der Waals surface area (Å²) in [6, 6.07) is 13.0. The van der Waals surface area contributed by atoms with Crippen LogP contribution in [0, 0.1) is 5.92 Å². The number of carbonyl (C=O) groups excluding carboxylic acids is 2. The van der Waals surface area contributed by atoms with Gasteiger partial charge in [0.2, 0.25) is 0 Å². The Labute approximate surface area is 175 Å². The Morgan fingerprint density at radius 1 is 1.14 bits per heavy atom. The summed E-state index contributed by atoms with van der Waals surface area (Å²) < 4.78 is 13.2. The van der Waals surface area contributed by atoms with E-state index in [9.17, 15) is 14.0 Å². The second-order valence-electron chi connectivity index (χ2n) is 7.38. The quantitative estimate of drug-likeness (QED) is 0.573. The standard InChI is InChI=1S/C23H27FN2O2S/c1-25-20-14-17(23(28)26-13-12-16-6-9-19(24)10-7-16)8-11-22(20)29-21-5-3-2-4-18(21)15-27/h2-5,8,11,14-16,19,25H,6-7,9-10,12-13H2,1H3,(H,26,28). The largest absolute Gasteiger partial charge is 0.387 e. The lowest BCUT2D eigenvalue weighted by molar-refractivity contribution is 0.0948. The van der Waals surface area contributed by atoms with Gasteiger partial charge in [-0.2, -0.15) is 0 Å². The van der Waals surface area contributed by atoms with E-state index in [1.165, 1.54) is 11.8 Å². The molecule has 0 aromatic heterocycles. The number of aldehydes is 1. The average Bonchev–Trinajstić information content (AvgIpc) is 2.75. The zero-order valence-corrected chi connectivity index (χ0v) is 17.4. The third kappa shape index (κ3) is 5.82. The Morgan fingerprint density at radius 3 is 2.62 bits per heavy atom. The molecule has 0 radical (unpaired) electrons. The minimum absolute atomic E-state index is 0.106. The minimum Gasteiger partial charge on any atom is -0.387 e. The van der Waals surface area contributed by atoms with Crippen LogP contribution in [-0.2, 0) is 0 Å². The van der Waals surface area contributed by atoms with Crippen LogP contribution in [-0.4, -0.2) is 32.0 Å². The third-order valence-electron chi connectivity index (χ3n) is 5.39. The van der Waals surface area contributed by atoms with Gasteiger partial charge in [-0.15, -0.1) is 0 Å². The normalized spacial score (nSPS) is 18.8. The molecule has 2 aromatic rings. The third-order valence-corrected chi connectivity index (χ3v) is 6.56. The molecule has 1 aliphatic carbocycles. The van der Waals surface area contributed by atoms with Gasteiger partial charge in [-0.25, -0.2) is 4.39 Å². The Morgan fingerprint density at radius 2 is 1.90 bits per heavy atom. The number of amides is 1. The molecule has 29 heavy (non-hydrogen) atoms. The molecule has 0 saturated heterocycles. The first-order valence-corrected chi connectivity index (χ1v) is 10.9. The van der Waals surface area contributed by atoms with Crippen molar-refractivity contribution in [1.29, 1.82) is 0 Å². The van der Waals surface area contributed by atoms with Gasteiger partial charge < -0.3 is 10.6 Å². The minimum atomic E-state index is -0.643. The summed E-state index contributed by atoms with van der Waals surface area (Å²) in [5.74, 6) is 0.400. The predicted octanol–water partition coefficient (Wildman–Crippen LogP) is 5.34. The molecule has 4 nitrogen and oxygen atoms in total. The van der Waals surface area contributed by atoms with E-state index in [2.05, 4.69) is 10.6 Å². The summed E-state index contributed by atoms with van der Waals surface area (Å²) in [5.41, 5.74) is 2.07. The number of hydrogen-bond acceptors (Lipinski definition) is 4. The lowest BCUT2D eigenvalue weighted by Gasteiger charge is -2.24. The summed E-state index contributed by atoms with van der Waals surface area (Å²) in [6.45, 7) is 0.610. The van der Waals surface area contributed by atoms with Crippen LogP contribution in [0.25, 0.3) is 0 Å². The lowest BCUT2D eigenvalue weighted by Crippen LogP contribution is -2.27. The van der Waals surface area contributed by atoms with E-state index < -0.39 is 6.17 Å². The van der Waals surface area contributed by atoms with E-state index in [-0.39, 0.29) is 5.91 Å². The highest BCUT2D eigenvalue weighted by molar-refractivity contribution is 7.99. The zero-order valence-electron chi connectivity index (χ0n) is 16.6. The van der Waals surface area contributed by atoms with E-state index in [0.717, 1.165) is 41.0 Å². The van der Waals surface area contributed by atoms with E-state index in [0.29, 0.717) is 36.4 Å². The molecule has 0 bridgehead atoms. The molecule has 0 heterocycles. The van der Waals surface area contributed by atoms with Crippen LogP contribution in [0.15, 0.2) is 52.3 Å². The van der Waals surface area contributed by atoms with Crippen LogP contribution in [0.1, 0.15) is 52.8 Å². The summed E-state index contributed by atoms with van der Waals surface area (Å²) in [5, 5.41) is 6.12. The van der Waals surface area contributed by atoms with Gasteiger partial charge in [0, 0.05) is 40.2 Å². The van der Waals surface area contributed by atoms with Crippen molar-refractivity contribution in [2.24, 2.45) is 5.92 Å². The number of alkyl halides is 1. The summed E-state index contributed by atoms with van der Waals surface area (Å²) in [6.07, 6.45) is 4.23. The Balaban J connectivity index is 1.60. The van der Waals surface area contributed by atoms with Crippen molar-refractivity contribution in [3.8, 4) is 0 Å². The smallest absolute Gasteiger partial charge is 0.251 e. The molecule has 3 rings (SSSR count). The Bertz CT molecular complexity index is 851. The molecule has 0 unspecified atom stereocenters. The highest BCUT2D eigenvalue weighted by atomic mass is 32.2. The molecule has 2 aromatic carbocycles. The molecule has 1 amide bonds. The van der Waals surface area contributed by atoms with Gasteiger partial charge >= 0.3 is 0 Å². The van der Waals surface area contributed by atoms with Gasteiger partial charge in [-0.1, -0.05) is 30.0 Å². The first-order chi connectivity index (χ1) is 14.1. The van der Waals surface area contributed by atoms with Gasteiger partial charge in [-0.3, -0.25) is 9.59 Å². The van der Waals surface area contributed by atoms with Crippen molar-refractivity contribution in [3.63, 3.8) is 0 Å². The number of hydrogen-bond donors (Lipinski definition) is 2. The molecule has 1 aliphatic rings. The maximum atomic E-state index is 13.2. The van der Waals surface area contributed by atoms with Crippen LogP contribution >= 0.6 is 11.8 Å². The van der Waals surface area contributed by atoms with Crippen molar-refractivity contribution in [3.05, 3.63) is 53.6 Å². The number of carbonyl (C=O) groups is 2. The monoisotopic (exact) mass is 414 g/mol. The summed E-state index contributed by atoms with van der Waals surface area (Å²) in [7, 11) is 1.81. The van der Waals surface area contributed by atoms with Gasteiger partial charge in [0.05, 0.1) is 0 Å². The molecule has 0 aliphatic heterocycles. The van der Waals surface area contributed by atoms with Crippen molar-refractivity contribution in [1.82, 2.24) is 5.32 Å². The highest BCUT2D eigenvalue weighted by Crippen LogP contribution is 2.35. The maximum absolute atomic E-state index is 13.2. The molecule has 6 heteroatoms. The Kier molecular flexibility index (Phi) is 7.69. The molecule has 154 valence electrons. The van der Waals surface area contributed by atoms with E-state index in [4.69, 9.17) is 0 Å². The zero-order chi connectivity index (χ0) is 20.6. The number of halogens is 1. The van der Waals surface area contributed by atoms with E-state index in [1.54, 1.807) is 12.1 Å². The lowest BCUT2D eigenvalue weighted by atomic mass is 9.86. The highest BCUT2D eigenvalue weighted by Gasteiger charge is 2.20. The van der Waals surface area contributed by atoms with Gasteiger partial charge in [0.25, 0.3) is 5.91 Å². The first-order valence-electron chi connectivity index (χ1n) is 10.1. The second kappa shape index (κ2) is 10.4. The van der Waals surface area contributed by atoms with Gasteiger partial charge in [0.1, 0.15) is 6.17 Å². The Hall–Kier alpha value is -2.34. The average molecular weight is 415 g/mol. The van der Waals surface area contributed by atoms with Crippen molar-refractivity contribution < 1.29 is 14.0 Å². The number of rotatable bonds is 8. The van der Waals surface area contributed by atoms with Gasteiger partial charge in [-0.05, 0) is 62.3 Å². The van der Waals surface area contributed by atoms with E-state index in [1.807, 2.05) is 37.4 Å². The van der Waals surface area contributed by atoms with Gasteiger partial charge in [0.15, 0.2) is 6.29 Å². The van der Waals surface area contributed by atoms with Crippen LogP contribution in [0.5, 0.6) is 0 Å². The van der Waals surface area contributed by atoms with Crippen molar-refractivity contribution >= 4 is 29.6 Å². The molecule has 0 spiro atoms. The van der Waals surface area contributed by atoms with Crippen molar-refractivity contribution in [2.45, 2.75) is 48.1 Å². The predicted molar refractivity (Wildman–Crippen MR) is 116 cm³/mol. The molecule has 1 fully saturated rings. The fourth-order valence-corrected chi connectivity index (χ4v) is 4.67. The molecule has 0 atom stereocenters. The molecular weight excluding hydrogens is 387 g/mol. The van der Waals surface area contributed by atoms with Crippen LogP contribution < -0.4 is 10.6 Å². The number of anilines is 1. The molecule has 2 N–H and O–H groups in total. The SMILES string of the molecule is CNc1cc(C(=O)NCCC2CCC(F)CC2)ccc1Sc1ccccc1C=O. The van der Waals surface area contributed by atoms with E-state index >= 15 is 0 Å². The first kappa shape index (κ1) is 21.4. The summed E-state index contributed by atoms with van der Waals surface area (Å²) >= 11 is 1.49. The van der Waals surface area contributed by atoms with Crippen LogP contribution in [0.4, 0.5) is 10.1 Å². The van der Waals surface area contributed by atoms with Crippen molar-refractivity contribution in [2.75, 3.05) is 18.9 Å². The molecule has 1 saturated carbocycles. The fraction of sp³-hybridized carbons (Fsp3) is 0.391. The topological polar surface area (TPSA) is 58.2 Å². The summed E-state index contributed by atoms with van der Waals surface area (Å²) in [4.78, 5) is 25.6. The second-order valence-corrected chi connectivity index (χ2v) is 8.47. The number of benzene rings is 2. The molecular formula is C23H27FN2O2S. The fourth-order valence-electron chi connectivity index (χ4n) is 3.65. The van der Waals surface area contributed by atoms with Crippen LogP contribution in [0.2, 0.25) is 0 Å².